The molecule has 0 bridgehead atoms. The van der Waals surface area contributed by atoms with Crippen molar-refractivity contribution in [1.29, 1.82) is 0 Å². The van der Waals surface area contributed by atoms with Crippen molar-refractivity contribution in [3.05, 3.63) is 29.8 Å². The van der Waals surface area contributed by atoms with Gasteiger partial charge in [-0.25, -0.2) is 8.78 Å². The standard InChI is InChI=1S/C14H15F5N2O/c15-10-4-1-5-11(16)13(10)20-12(22)8-21-6-2-3-9(7-21)14(17,18)19/h1,4-5,9H,2-3,6-8H2,(H,20,22). The Morgan fingerprint density at radius 3 is 2.50 bits per heavy atom. The Morgan fingerprint density at radius 1 is 1.27 bits per heavy atom. The molecule has 8 heteroatoms. The lowest BCUT2D eigenvalue weighted by Crippen LogP contribution is -2.44. The van der Waals surface area contributed by atoms with E-state index < -0.39 is 35.3 Å². The average Bonchev–Trinajstić information content (AvgIpc) is 2.42. The van der Waals surface area contributed by atoms with E-state index in [-0.39, 0.29) is 19.5 Å². The van der Waals surface area contributed by atoms with Crippen LogP contribution in [-0.4, -0.2) is 36.6 Å². The van der Waals surface area contributed by atoms with Crippen LogP contribution in [0.15, 0.2) is 18.2 Å². The zero-order valence-corrected chi connectivity index (χ0v) is 11.6. The molecule has 0 spiro atoms. The summed E-state index contributed by atoms with van der Waals surface area (Å²) in [6, 6.07) is 3.12. The van der Waals surface area contributed by atoms with Crippen LogP contribution in [0, 0.1) is 17.6 Å². The zero-order chi connectivity index (χ0) is 16.3. The molecule has 1 aliphatic heterocycles. The predicted molar refractivity (Wildman–Crippen MR) is 70.2 cm³/mol. The smallest absolute Gasteiger partial charge is 0.320 e. The lowest BCUT2D eigenvalue weighted by atomic mass is 9.97. The molecule has 0 saturated carbocycles. The van der Waals surface area contributed by atoms with Crippen molar-refractivity contribution in [2.45, 2.75) is 19.0 Å². The molecule has 1 fully saturated rings. The minimum atomic E-state index is -4.30. The fraction of sp³-hybridized carbons (Fsp3) is 0.500. The van der Waals surface area contributed by atoms with Gasteiger partial charge in [-0.1, -0.05) is 6.07 Å². The van der Waals surface area contributed by atoms with Gasteiger partial charge in [0.25, 0.3) is 0 Å². The molecule has 0 aliphatic carbocycles. The Kier molecular flexibility index (Phi) is 5.00. The Morgan fingerprint density at radius 2 is 1.91 bits per heavy atom. The monoisotopic (exact) mass is 322 g/mol. The molecule has 2 rings (SSSR count). The van der Waals surface area contributed by atoms with Crippen LogP contribution in [0.2, 0.25) is 0 Å². The molecule has 0 radical (unpaired) electrons. The van der Waals surface area contributed by atoms with Crippen molar-refractivity contribution in [3.63, 3.8) is 0 Å². The Labute approximate surface area is 124 Å². The second kappa shape index (κ2) is 6.60. The number of piperidine rings is 1. The Hall–Kier alpha value is -1.70. The molecule has 122 valence electrons. The Balaban J connectivity index is 1.95. The van der Waals surface area contributed by atoms with Crippen LogP contribution in [0.25, 0.3) is 0 Å². The molecule has 1 amide bonds. The van der Waals surface area contributed by atoms with Crippen molar-refractivity contribution >= 4 is 11.6 Å². The van der Waals surface area contributed by atoms with E-state index in [1.54, 1.807) is 0 Å². The largest absolute Gasteiger partial charge is 0.393 e. The summed E-state index contributed by atoms with van der Waals surface area (Å²) < 4.78 is 64.8. The molecule has 1 aliphatic rings. The van der Waals surface area contributed by atoms with Gasteiger partial charge in [-0.05, 0) is 31.5 Å². The average molecular weight is 322 g/mol. The highest BCUT2D eigenvalue weighted by atomic mass is 19.4. The van der Waals surface area contributed by atoms with E-state index >= 15 is 0 Å². The number of amides is 1. The van der Waals surface area contributed by atoms with Gasteiger partial charge >= 0.3 is 6.18 Å². The molecule has 1 N–H and O–H groups in total. The third-order valence-corrected chi connectivity index (χ3v) is 3.56. The number of para-hydroxylation sites is 1. The third kappa shape index (κ3) is 4.16. The van der Waals surface area contributed by atoms with Gasteiger partial charge in [-0.15, -0.1) is 0 Å². The van der Waals surface area contributed by atoms with E-state index in [9.17, 15) is 26.7 Å². The molecular formula is C14H15F5N2O. The number of hydrogen-bond donors (Lipinski definition) is 1. The summed E-state index contributed by atoms with van der Waals surface area (Å²) in [6.45, 7) is -0.267. The van der Waals surface area contributed by atoms with Gasteiger partial charge in [0.2, 0.25) is 5.91 Å². The van der Waals surface area contributed by atoms with Crippen LogP contribution in [0.5, 0.6) is 0 Å². The summed E-state index contributed by atoms with van der Waals surface area (Å²) >= 11 is 0. The number of nitrogens with one attached hydrogen (secondary N) is 1. The van der Waals surface area contributed by atoms with Crippen LogP contribution in [0.4, 0.5) is 27.6 Å². The summed E-state index contributed by atoms with van der Waals surface area (Å²) in [5, 5.41) is 2.07. The van der Waals surface area contributed by atoms with Crippen molar-refractivity contribution in [2.24, 2.45) is 5.92 Å². The quantitative estimate of drug-likeness (QED) is 0.867. The summed E-state index contributed by atoms with van der Waals surface area (Å²) in [7, 11) is 0. The first-order valence-electron chi connectivity index (χ1n) is 6.80. The molecule has 1 aromatic rings. The Bertz CT molecular complexity index is 526. The number of rotatable bonds is 3. The van der Waals surface area contributed by atoms with Gasteiger partial charge < -0.3 is 5.32 Å². The number of benzene rings is 1. The molecule has 22 heavy (non-hydrogen) atoms. The number of nitrogens with zero attached hydrogens (tertiary/aromatic N) is 1. The summed E-state index contributed by atoms with van der Waals surface area (Å²) in [5.74, 6) is -4.08. The topological polar surface area (TPSA) is 32.3 Å². The van der Waals surface area contributed by atoms with Gasteiger partial charge in [0.05, 0.1) is 12.5 Å². The fourth-order valence-electron chi connectivity index (χ4n) is 2.47. The van der Waals surface area contributed by atoms with E-state index in [4.69, 9.17) is 0 Å². The lowest BCUT2D eigenvalue weighted by molar-refractivity contribution is -0.186. The number of carbonyl (C=O) groups excluding carboxylic acids is 1. The first-order chi connectivity index (χ1) is 10.3. The zero-order valence-electron chi connectivity index (χ0n) is 11.6. The SMILES string of the molecule is O=C(CN1CCCC(C(F)(F)F)C1)Nc1c(F)cccc1F. The maximum Gasteiger partial charge on any atom is 0.393 e. The number of hydrogen-bond acceptors (Lipinski definition) is 2. The number of likely N-dealkylation sites (tertiary alicyclic amines) is 1. The van der Waals surface area contributed by atoms with Gasteiger partial charge in [0, 0.05) is 6.54 Å². The molecular weight excluding hydrogens is 307 g/mol. The molecule has 1 heterocycles. The second-order valence-corrected chi connectivity index (χ2v) is 5.26. The van der Waals surface area contributed by atoms with Crippen molar-refractivity contribution in [2.75, 3.05) is 25.0 Å². The predicted octanol–water partition coefficient (Wildman–Crippen LogP) is 3.18. The van der Waals surface area contributed by atoms with E-state index in [1.165, 1.54) is 4.90 Å². The highest BCUT2D eigenvalue weighted by Gasteiger charge is 2.41. The summed E-state index contributed by atoms with van der Waals surface area (Å²) in [6.07, 6.45) is -3.94. The molecule has 1 unspecified atom stereocenters. The van der Waals surface area contributed by atoms with Crippen LogP contribution < -0.4 is 5.32 Å². The van der Waals surface area contributed by atoms with E-state index in [0.29, 0.717) is 13.0 Å². The van der Waals surface area contributed by atoms with Crippen LogP contribution in [-0.2, 0) is 4.79 Å². The number of anilines is 1. The van der Waals surface area contributed by atoms with E-state index in [2.05, 4.69) is 5.32 Å². The highest BCUT2D eigenvalue weighted by Crippen LogP contribution is 2.33. The van der Waals surface area contributed by atoms with Gasteiger partial charge in [0.15, 0.2) is 0 Å². The lowest BCUT2D eigenvalue weighted by Gasteiger charge is -2.33. The number of alkyl halides is 3. The van der Waals surface area contributed by atoms with Gasteiger partial charge in [-0.3, -0.25) is 9.69 Å². The normalized spacial score (nSPS) is 20.0. The van der Waals surface area contributed by atoms with Crippen molar-refractivity contribution in [1.82, 2.24) is 4.90 Å². The minimum absolute atomic E-state index is 0.0313. The van der Waals surface area contributed by atoms with Crippen molar-refractivity contribution in [3.8, 4) is 0 Å². The fourth-order valence-corrected chi connectivity index (χ4v) is 2.47. The first kappa shape index (κ1) is 16.7. The molecule has 1 aromatic carbocycles. The second-order valence-electron chi connectivity index (χ2n) is 5.26. The van der Waals surface area contributed by atoms with Gasteiger partial charge in [-0.2, -0.15) is 13.2 Å². The molecule has 0 aromatic heterocycles. The van der Waals surface area contributed by atoms with Crippen LogP contribution in [0.3, 0.4) is 0 Å². The minimum Gasteiger partial charge on any atom is -0.320 e. The number of carbonyl (C=O) groups is 1. The van der Waals surface area contributed by atoms with E-state index in [1.807, 2.05) is 0 Å². The van der Waals surface area contributed by atoms with E-state index in [0.717, 1.165) is 18.2 Å². The summed E-state index contributed by atoms with van der Waals surface area (Å²) in [5.41, 5.74) is -0.586. The van der Waals surface area contributed by atoms with Crippen LogP contribution >= 0.6 is 0 Å². The maximum atomic E-state index is 13.4. The third-order valence-electron chi connectivity index (χ3n) is 3.56. The highest BCUT2D eigenvalue weighted by molar-refractivity contribution is 5.92. The number of halogens is 5. The molecule has 1 atom stereocenters. The summed E-state index contributed by atoms with van der Waals surface area (Å²) in [4.78, 5) is 13.1. The van der Waals surface area contributed by atoms with Crippen LogP contribution in [0.1, 0.15) is 12.8 Å². The maximum absolute atomic E-state index is 13.4. The molecule has 1 saturated heterocycles. The van der Waals surface area contributed by atoms with Crippen molar-refractivity contribution < 1.29 is 26.7 Å². The first-order valence-corrected chi connectivity index (χ1v) is 6.80. The molecule has 3 nitrogen and oxygen atoms in total. The van der Waals surface area contributed by atoms with Gasteiger partial charge in [0.1, 0.15) is 17.3 Å².